The summed E-state index contributed by atoms with van der Waals surface area (Å²) in [4.78, 5) is 1.82. The Labute approximate surface area is 103 Å². The molecule has 0 saturated carbocycles. The number of halogens is 3. The molecule has 0 aromatic heterocycles. The zero-order chi connectivity index (χ0) is 13.5. The summed E-state index contributed by atoms with van der Waals surface area (Å²) in [5, 5.41) is 3.21. The Hall–Kier alpha value is -0.290. The lowest BCUT2D eigenvalue weighted by Crippen LogP contribution is -2.48. The molecular weight excluding hydrogens is 229 g/mol. The average Bonchev–Trinajstić information content (AvgIpc) is 2.25. The summed E-state index contributed by atoms with van der Waals surface area (Å²) in [6.45, 7) is 4.19. The molecule has 2 atom stereocenters. The van der Waals surface area contributed by atoms with Gasteiger partial charge in [-0.2, -0.15) is 13.2 Å². The third-order valence-corrected chi connectivity index (χ3v) is 3.17. The molecule has 0 radical (unpaired) electrons. The van der Waals surface area contributed by atoms with Crippen molar-refractivity contribution in [1.29, 1.82) is 0 Å². The van der Waals surface area contributed by atoms with Gasteiger partial charge in [0.05, 0.1) is 6.42 Å². The fraction of sp³-hybridized carbons (Fsp3) is 1.00. The molecule has 2 unspecified atom stereocenters. The molecule has 0 aliphatic carbocycles. The second-order valence-electron chi connectivity index (χ2n) is 4.51. The first kappa shape index (κ1) is 16.7. The van der Waals surface area contributed by atoms with Gasteiger partial charge in [0.2, 0.25) is 0 Å². The van der Waals surface area contributed by atoms with Crippen LogP contribution in [0.4, 0.5) is 13.2 Å². The van der Waals surface area contributed by atoms with Crippen molar-refractivity contribution in [1.82, 2.24) is 10.2 Å². The Morgan fingerprint density at radius 3 is 2.18 bits per heavy atom. The first-order valence-electron chi connectivity index (χ1n) is 6.29. The summed E-state index contributed by atoms with van der Waals surface area (Å²) in [5.41, 5.74) is 0. The van der Waals surface area contributed by atoms with Gasteiger partial charge in [-0.3, -0.25) is 0 Å². The highest BCUT2D eigenvalue weighted by Crippen LogP contribution is 2.21. The van der Waals surface area contributed by atoms with Gasteiger partial charge < -0.3 is 10.2 Å². The van der Waals surface area contributed by atoms with E-state index in [0.717, 1.165) is 19.3 Å². The van der Waals surface area contributed by atoms with Gasteiger partial charge in [0.25, 0.3) is 0 Å². The predicted octanol–water partition coefficient (Wildman–Crippen LogP) is 3.04. The predicted molar refractivity (Wildman–Crippen MR) is 65.1 cm³/mol. The molecular formula is C12H25F3N2. The quantitative estimate of drug-likeness (QED) is 0.716. The van der Waals surface area contributed by atoms with Gasteiger partial charge in [0.1, 0.15) is 0 Å². The van der Waals surface area contributed by atoms with Gasteiger partial charge in [0.15, 0.2) is 0 Å². The molecule has 104 valence electrons. The van der Waals surface area contributed by atoms with E-state index >= 15 is 0 Å². The van der Waals surface area contributed by atoms with E-state index in [9.17, 15) is 13.2 Å². The molecule has 0 fully saturated rings. The van der Waals surface area contributed by atoms with E-state index in [-0.39, 0.29) is 18.6 Å². The second-order valence-corrected chi connectivity index (χ2v) is 4.51. The summed E-state index contributed by atoms with van der Waals surface area (Å²) in [5.74, 6) is 0. The van der Waals surface area contributed by atoms with Crippen molar-refractivity contribution in [3.05, 3.63) is 0 Å². The van der Waals surface area contributed by atoms with Gasteiger partial charge in [-0.25, -0.2) is 0 Å². The van der Waals surface area contributed by atoms with Gasteiger partial charge in [-0.05, 0) is 26.9 Å². The van der Waals surface area contributed by atoms with Crippen LogP contribution in [0.2, 0.25) is 0 Å². The molecule has 0 aromatic rings. The minimum atomic E-state index is -4.06. The highest BCUT2D eigenvalue weighted by atomic mass is 19.4. The molecule has 0 heterocycles. The molecule has 0 aliphatic rings. The van der Waals surface area contributed by atoms with Crippen molar-refractivity contribution in [3.8, 4) is 0 Å². The van der Waals surface area contributed by atoms with E-state index in [4.69, 9.17) is 0 Å². The molecule has 0 amide bonds. The molecule has 0 aromatic carbocycles. The number of nitrogens with one attached hydrogen (secondary N) is 1. The van der Waals surface area contributed by atoms with Gasteiger partial charge >= 0.3 is 6.18 Å². The maximum atomic E-state index is 12.2. The Balaban J connectivity index is 4.32. The first-order valence-corrected chi connectivity index (χ1v) is 6.29. The standard InChI is InChI=1S/C12H25F3N2/c1-5-7-10(16-3)11(6-2)17(4)9-8-12(13,14)15/h10-11,16H,5-9H2,1-4H3. The Morgan fingerprint density at radius 2 is 1.82 bits per heavy atom. The summed E-state index contributed by atoms with van der Waals surface area (Å²) < 4.78 is 36.5. The molecule has 0 saturated heterocycles. The Morgan fingerprint density at radius 1 is 1.24 bits per heavy atom. The summed E-state index contributed by atoms with van der Waals surface area (Å²) >= 11 is 0. The normalized spacial score (nSPS) is 16.2. The van der Waals surface area contributed by atoms with Crippen molar-refractivity contribution >= 4 is 0 Å². The number of hydrogen-bond donors (Lipinski definition) is 1. The van der Waals surface area contributed by atoms with E-state index in [1.54, 1.807) is 7.05 Å². The first-order chi connectivity index (χ1) is 7.85. The van der Waals surface area contributed by atoms with Crippen LogP contribution in [0.1, 0.15) is 39.5 Å². The SMILES string of the molecule is CCCC(NC)C(CC)N(C)CCC(F)(F)F. The second kappa shape index (κ2) is 7.93. The lowest BCUT2D eigenvalue weighted by atomic mass is 9.99. The van der Waals surface area contributed by atoms with Crippen molar-refractivity contribution in [2.45, 2.75) is 57.8 Å². The molecule has 0 spiro atoms. The van der Waals surface area contributed by atoms with Crippen molar-refractivity contribution in [2.24, 2.45) is 0 Å². The molecule has 1 N–H and O–H groups in total. The van der Waals surface area contributed by atoms with Crippen LogP contribution < -0.4 is 5.32 Å². The van der Waals surface area contributed by atoms with E-state index in [0.29, 0.717) is 0 Å². The average molecular weight is 254 g/mol. The summed E-state index contributed by atoms with van der Waals surface area (Å²) in [7, 11) is 3.65. The molecule has 0 rings (SSSR count). The van der Waals surface area contributed by atoms with Crippen molar-refractivity contribution in [2.75, 3.05) is 20.6 Å². The summed E-state index contributed by atoms with van der Waals surface area (Å²) in [6, 6.07) is 0.436. The lowest BCUT2D eigenvalue weighted by Gasteiger charge is -2.34. The minimum absolute atomic E-state index is 0.0733. The Bertz CT molecular complexity index is 195. The molecule has 2 nitrogen and oxygen atoms in total. The number of nitrogens with zero attached hydrogens (tertiary/aromatic N) is 1. The number of likely N-dealkylation sites (N-methyl/N-ethyl adjacent to an activating group) is 2. The molecule has 17 heavy (non-hydrogen) atoms. The zero-order valence-electron chi connectivity index (χ0n) is 11.3. The molecule has 0 aliphatic heterocycles. The fourth-order valence-electron chi connectivity index (χ4n) is 2.21. The van der Waals surface area contributed by atoms with E-state index in [1.165, 1.54) is 0 Å². The van der Waals surface area contributed by atoms with Gasteiger partial charge in [-0.15, -0.1) is 0 Å². The van der Waals surface area contributed by atoms with E-state index in [1.807, 2.05) is 18.9 Å². The minimum Gasteiger partial charge on any atom is -0.315 e. The highest BCUT2D eigenvalue weighted by Gasteiger charge is 2.29. The lowest BCUT2D eigenvalue weighted by molar-refractivity contribution is -0.138. The smallest absolute Gasteiger partial charge is 0.315 e. The van der Waals surface area contributed by atoms with Crippen molar-refractivity contribution < 1.29 is 13.2 Å². The number of alkyl halides is 3. The Kier molecular flexibility index (Phi) is 7.79. The van der Waals surface area contributed by atoms with Crippen LogP contribution in [-0.4, -0.2) is 43.8 Å². The third kappa shape index (κ3) is 6.88. The largest absolute Gasteiger partial charge is 0.390 e. The molecule has 0 bridgehead atoms. The highest BCUT2D eigenvalue weighted by molar-refractivity contribution is 4.81. The topological polar surface area (TPSA) is 15.3 Å². The fourth-order valence-corrected chi connectivity index (χ4v) is 2.21. The van der Waals surface area contributed by atoms with Crippen LogP contribution in [-0.2, 0) is 0 Å². The summed E-state index contributed by atoms with van der Waals surface area (Å²) in [6.07, 6.45) is -1.91. The van der Waals surface area contributed by atoms with Crippen LogP contribution in [0, 0.1) is 0 Å². The number of rotatable bonds is 8. The van der Waals surface area contributed by atoms with Crippen LogP contribution in [0.25, 0.3) is 0 Å². The van der Waals surface area contributed by atoms with Gasteiger partial charge in [0, 0.05) is 18.6 Å². The van der Waals surface area contributed by atoms with Gasteiger partial charge in [-0.1, -0.05) is 20.3 Å². The maximum Gasteiger partial charge on any atom is 0.390 e. The van der Waals surface area contributed by atoms with Crippen LogP contribution in [0.3, 0.4) is 0 Å². The molecule has 5 heteroatoms. The maximum absolute atomic E-state index is 12.2. The van der Waals surface area contributed by atoms with Crippen molar-refractivity contribution in [3.63, 3.8) is 0 Å². The number of hydrogen-bond acceptors (Lipinski definition) is 2. The van der Waals surface area contributed by atoms with Crippen LogP contribution in [0.15, 0.2) is 0 Å². The third-order valence-electron chi connectivity index (χ3n) is 3.17. The van der Waals surface area contributed by atoms with E-state index in [2.05, 4.69) is 12.2 Å². The monoisotopic (exact) mass is 254 g/mol. The van der Waals surface area contributed by atoms with E-state index < -0.39 is 12.6 Å². The van der Waals surface area contributed by atoms with Crippen LogP contribution in [0.5, 0.6) is 0 Å². The van der Waals surface area contributed by atoms with Crippen LogP contribution >= 0.6 is 0 Å². The zero-order valence-corrected chi connectivity index (χ0v) is 11.3.